The summed E-state index contributed by atoms with van der Waals surface area (Å²) in [5, 5.41) is 9.42. The minimum absolute atomic E-state index is 0.226. The molecule has 2 N–H and O–H groups in total. The average molecular weight is 436 g/mol. The van der Waals surface area contributed by atoms with Crippen LogP contribution in [0.2, 0.25) is 0 Å². The SMILES string of the molecule is CCOc1ccccc1C(=O)Nc1cc(-c2cccs2)nn1-c1nc(C)c(C)c(=O)[nH]1. The van der Waals surface area contributed by atoms with Crippen LogP contribution in [-0.2, 0) is 0 Å². The van der Waals surface area contributed by atoms with Crippen LogP contribution in [0, 0.1) is 13.8 Å². The first kappa shape index (κ1) is 20.5. The van der Waals surface area contributed by atoms with Crippen LogP contribution in [-0.4, -0.2) is 32.3 Å². The molecule has 0 aliphatic rings. The van der Waals surface area contributed by atoms with Gasteiger partial charge >= 0.3 is 0 Å². The Labute approximate surface area is 182 Å². The van der Waals surface area contributed by atoms with E-state index in [-0.39, 0.29) is 17.4 Å². The van der Waals surface area contributed by atoms with E-state index in [0.29, 0.717) is 40.7 Å². The van der Waals surface area contributed by atoms with E-state index in [0.717, 1.165) is 4.88 Å². The summed E-state index contributed by atoms with van der Waals surface area (Å²) in [6.45, 7) is 5.77. The van der Waals surface area contributed by atoms with Gasteiger partial charge in [-0.1, -0.05) is 18.2 Å². The molecule has 0 spiro atoms. The van der Waals surface area contributed by atoms with Crippen LogP contribution >= 0.6 is 11.3 Å². The van der Waals surface area contributed by atoms with Crippen molar-refractivity contribution in [2.75, 3.05) is 11.9 Å². The van der Waals surface area contributed by atoms with E-state index in [1.165, 1.54) is 16.0 Å². The first-order chi connectivity index (χ1) is 15.0. The zero-order valence-electron chi connectivity index (χ0n) is 17.3. The van der Waals surface area contributed by atoms with Gasteiger partial charge in [0.1, 0.15) is 17.3 Å². The number of anilines is 1. The highest BCUT2D eigenvalue weighted by atomic mass is 32.1. The number of hydrogen-bond acceptors (Lipinski definition) is 6. The van der Waals surface area contributed by atoms with E-state index in [9.17, 15) is 9.59 Å². The zero-order chi connectivity index (χ0) is 22.0. The second-order valence-electron chi connectivity index (χ2n) is 6.79. The molecule has 8 nitrogen and oxygen atoms in total. The Bertz CT molecular complexity index is 1290. The Balaban J connectivity index is 1.78. The largest absolute Gasteiger partial charge is 0.493 e. The zero-order valence-corrected chi connectivity index (χ0v) is 18.1. The monoisotopic (exact) mass is 435 g/mol. The fraction of sp³-hybridized carbons (Fsp3) is 0.182. The number of ether oxygens (including phenoxy) is 1. The fourth-order valence-corrected chi connectivity index (χ4v) is 3.71. The van der Waals surface area contributed by atoms with Gasteiger partial charge in [0.15, 0.2) is 0 Å². The Morgan fingerprint density at radius 3 is 2.74 bits per heavy atom. The van der Waals surface area contributed by atoms with Gasteiger partial charge in [0.2, 0.25) is 5.95 Å². The van der Waals surface area contributed by atoms with Crippen LogP contribution in [0.5, 0.6) is 5.75 Å². The van der Waals surface area contributed by atoms with Crippen molar-refractivity contribution in [1.82, 2.24) is 19.7 Å². The van der Waals surface area contributed by atoms with Crippen LogP contribution in [0.3, 0.4) is 0 Å². The maximum absolute atomic E-state index is 13.1. The van der Waals surface area contributed by atoms with Crippen molar-refractivity contribution in [3.05, 3.63) is 75.0 Å². The molecule has 0 radical (unpaired) electrons. The third-order valence-electron chi connectivity index (χ3n) is 4.74. The first-order valence-electron chi connectivity index (χ1n) is 9.73. The van der Waals surface area contributed by atoms with Crippen molar-refractivity contribution in [3.63, 3.8) is 0 Å². The molecule has 9 heteroatoms. The predicted octanol–water partition coefficient (Wildman–Crippen LogP) is 3.95. The molecule has 0 bridgehead atoms. The highest BCUT2D eigenvalue weighted by Crippen LogP contribution is 2.28. The lowest BCUT2D eigenvalue weighted by molar-refractivity contribution is 0.102. The predicted molar refractivity (Wildman–Crippen MR) is 120 cm³/mol. The van der Waals surface area contributed by atoms with E-state index >= 15 is 0 Å². The summed E-state index contributed by atoms with van der Waals surface area (Å²) in [7, 11) is 0. The number of thiophene rings is 1. The number of rotatable bonds is 6. The van der Waals surface area contributed by atoms with Gasteiger partial charge in [0, 0.05) is 17.3 Å². The Hall–Kier alpha value is -3.72. The third kappa shape index (κ3) is 4.13. The number of H-pyrrole nitrogens is 1. The van der Waals surface area contributed by atoms with Crippen LogP contribution in [0.1, 0.15) is 28.5 Å². The van der Waals surface area contributed by atoms with Gasteiger partial charge in [0.05, 0.1) is 17.0 Å². The summed E-state index contributed by atoms with van der Waals surface area (Å²) in [6.07, 6.45) is 0. The normalized spacial score (nSPS) is 10.8. The lowest BCUT2D eigenvalue weighted by Gasteiger charge is -2.11. The van der Waals surface area contributed by atoms with E-state index in [1.54, 1.807) is 38.1 Å². The second-order valence-corrected chi connectivity index (χ2v) is 7.73. The fourth-order valence-electron chi connectivity index (χ4n) is 3.03. The van der Waals surface area contributed by atoms with Crippen molar-refractivity contribution >= 4 is 23.1 Å². The van der Waals surface area contributed by atoms with Gasteiger partial charge in [0.25, 0.3) is 11.5 Å². The molecule has 0 fully saturated rings. The summed E-state index contributed by atoms with van der Waals surface area (Å²) in [4.78, 5) is 33.5. The molecule has 31 heavy (non-hydrogen) atoms. The number of para-hydroxylation sites is 1. The number of aryl methyl sites for hydroxylation is 1. The molecule has 3 aromatic heterocycles. The Morgan fingerprint density at radius 1 is 1.23 bits per heavy atom. The third-order valence-corrected chi connectivity index (χ3v) is 5.63. The number of amides is 1. The van der Waals surface area contributed by atoms with Gasteiger partial charge in [-0.25, -0.2) is 4.98 Å². The molecular weight excluding hydrogens is 414 g/mol. The van der Waals surface area contributed by atoms with Crippen molar-refractivity contribution in [2.24, 2.45) is 0 Å². The summed E-state index contributed by atoms with van der Waals surface area (Å²) >= 11 is 1.53. The topological polar surface area (TPSA) is 102 Å². The van der Waals surface area contributed by atoms with Crippen LogP contribution < -0.4 is 15.6 Å². The van der Waals surface area contributed by atoms with Gasteiger partial charge in [-0.05, 0) is 44.4 Å². The van der Waals surface area contributed by atoms with E-state index in [4.69, 9.17) is 4.74 Å². The molecule has 4 rings (SSSR count). The van der Waals surface area contributed by atoms with E-state index < -0.39 is 0 Å². The molecule has 1 aromatic carbocycles. The van der Waals surface area contributed by atoms with Gasteiger partial charge < -0.3 is 10.1 Å². The minimum atomic E-state index is -0.353. The van der Waals surface area contributed by atoms with Gasteiger partial charge in [-0.3, -0.25) is 14.6 Å². The highest BCUT2D eigenvalue weighted by molar-refractivity contribution is 7.13. The van der Waals surface area contributed by atoms with Gasteiger partial charge in [-0.2, -0.15) is 9.78 Å². The lowest BCUT2D eigenvalue weighted by Crippen LogP contribution is -2.21. The molecule has 0 saturated heterocycles. The lowest BCUT2D eigenvalue weighted by atomic mass is 10.2. The number of aromatic nitrogens is 4. The maximum Gasteiger partial charge on any atom is 0.260 e. The number of aromatic amines is 1. The molecule has 4 aromatic rings. The summed E-state index contributed by atoms with van der Waals surface area (Å²) < 4.78 is 7.01. The number of benzene rings is 1. The molecule has 0 unspecified atom stereocenters. The highest BCUT2D eigenvalue weighted by Gasteiger charge is 2.19. The molecule has 3 heterocycles. The van der Waals surface area contributed by atoms with Crippen molar-refractivity contribution in [1.29, 1.82) is 0 Å². The Kier molecular flexibility index (Phi) is 5.68. The van der Waals surface area contributed by atoms with Crippen molar-refractivity contribution < 1.29 is 9.53 Å². The number of carbonyl (C=O) groups is 1. The smallest absolute Gasteiger partial charge is 0.260 e. The number of carbonyl (C=O) groups excluding carboxylic acids is 1. The van der Waals surface area contributed by atoms with Crippen LogP contribution in [0.25, 0.3) is 16.5 Å². The van der Waals surface area contributed by atoms with Crippen LogP contribution in [0.15, 0.2) is 52.6 Å². The summed E-state index contributed by atoms with van der Waals surface area (Å²) in [5.74, 6) is 0.745. The van der Waals surface area contributed by atoms with E-state index in [2.05, 4.69) is 20.4 Å². The first-order valence-corrected chi connectivity index (χ1v) is 10.6. The standard InChI is InChI=1S/C22H21N5O3S/c1-4-30-17-9-6-5-8-15(17)21(29)24-19-12-16(18-10-7-11-31-18)26-27(19)22-23-14(3)13(2)20(28)25-22/h5-12H,4H2,1-3H3,(H,24,29)(H,23,25,28). The maximum atomic E-state index is 13.1. The van der Waals surface area contributed by atoms with Crippen molar-refractivity contribution in [3.8, 4) is 22.3 Å². The number of hydrogen-bond donors (Lipinski definition) is 2. The number of nitrogens with zero attached hydrogens (tertiary/aromatic N) is 3. The molecule has 0 saturated carbocycles. The summed E-state index contributed by atoms with van der Waals surface area (Å²) in [5.41, 5.74) is 1.92. The molecule has 0 aliphatic heterocycles. The molecule has 1 amide bonds. The molecular formula is C22H21N5O3S. The molecule has 0 aliphatic carbocycles. The van der Waals surface area contributed by atoms with Gasteiger partial charge in [-0.15, -0.1) is 11.3 Å². The quantitative estimate of drug-likeness (QED) is 0.477. The molecule has 158 valence electrons. The van der Waals surface area contributed by atoms with E-state index in [1.807, 2.05) is 30.5 Å². The number of nitrogens with one attached hydrogen (secondary N) is 2. The summed E-state index contributed by atoms with van der Waals surface area (Å²) in [6, 6.07) is 12.6. The Morgan fingerprint density at radius 2 is 2.03 bits per heavy atom. The van der Waals surface area contributed by atoms with Crippen LogP contribution in [0.4, 0.5) is 5.82 Å². The van der Waals surface area contributed by atoms with Crippen molar-refractivity contribution in [2.45, 2.75) is 20.8 Å². The second kappa shape index (κ2) is 8.57. The average Bonchev–Trinajstić information content (AvgIpc) is 3.42. The molecule has 0 atom stereocenters. The minimum Gasteiger partial charge on any atom is -0.493 e.